The molecule has 0 spiro atoms. The third-order valence-electron chi connectivity index (χ3n) is 6.47. The summed E-state index contributed by atoms with van der Waals surface area (Å²) in [6.45, 7) is 10.5. The zero-order valence-electron chi connectivity index (χ0n) is 20.9. The Kier molecular flexibility index (Phi) is 5.30. The molecule has 3 N–H and O–H groups in total. The van der Waals surface area contributed by atoms with Crippen LogP contribution in [0.15, 0.2) is 86.0 Å². The number of rotatable bonds is 5. The minimum Gasteiger partial charge on any atom is -0.358 e. The molecular weight excluding hydrogens is 460 g/mol. The van der Waals surface area contributed by atoms with Crippen LogP contribution in [0.3, 0.4) is 0 Å². The third-order valence-corrected chi connectivity index (χ3v) is 6.47. The average molecular weight is 487 g/mol. The van der Waals surface area contributed by atoms with E-state index in [1.54, 1.807) is 18.6 Å². The maximum Gasteiger partial charge on any atom is 0.116 e. The summed E-state index contributed by atoms with van der Waals surface area (Å²) in [6, 6.07) is 10.2. The van der Waals surface area contributed by atoms with Gasteiger partial charge in [-0.1, -0.05) is 27.4 Å². The predicted molar refractivity (Wildman–Crippen MR) is 148 cm³/mol. The number of pyridine rings is 4. The van der Waals surface area contributed by atoms with E-state index in [-0.39, 0.29) is 5.41 Å². The Hall–Kier alpha value is -4.85. The SMILES string of the molecule is C=C(Nc1cncc(-c2cc3c(-c4cc5c(-c6ccncc6)cncc5[nH]4)n[nH]c3cn2)c1)C(C)(C)C. The van der Waals surface area contributed by atoms with E-state index in [0.717, 1.165) is 67.0 Å². The van der Waals surface area contributed by atoms with E-state index < -0.39 is 0 Å². The van der Waals surface area contributed by atoms with Gasteiger partial charge in [-0.3, -0.25) is 25.0 Å². The first-order chi connectivity index (χ1) is 17.9. The maximum absolute atomic E-state index is 4.66. The van der Waals surface area contributed by atoms with E-state index in [0.29, 0.717) is 0 Å². The van der Waals surface area contributed by atoms with Crippen molar-refractivity contribution in [3.63, 3.8) is 0 Å². The van der Waals surface area contributed by atoms with Gasteiger partial charge in [0.1, 0.15) is 5.69 Å². The van der Waals surface area contributed by atoms with Gasteiger partial charge in [-0.2, -0.15) is 5.10 Å². The van der Waals surface area contributed by atoms with Gasteiger partial charge in [-0.15, -0.1) is 0 Å². The number of aromatic nitrogens is 7. The first-order valence-corrected chi connectivity index (χ1v) is 12.0. The van der Waals surface area contributed by atoms with Gasteiger partial charge in [-0.25, -0.2) is 0 Å². The second kappa shape index (κ2) is 8.67. The van der Waals surface area contributed by atoms with Crippen molar-refractivity contribution in [2.45, 2.75) is 20.8 Å². The van der Waals surface area contributed by atoms with Gasteiger partial charge in [0.15, 0.2) is 0 Å². The fourth-order valence-corrected chi connectivity index (χ4v) is 4.23. The van der Waals surface area contributed by atoms with Crippen molar-refractivity contribution >= 4 is 27.5 Å². The van der Waals surface area contributed by atoms with Crippen LogP contribution in [-0.2, 0) is 0 Å². The number of hydrogen-bond acceptors (Lipinski definition) is 6. The molecule has 8 heteroatoms. The molecule has 0 bridgehead atoms. The molecule has 6 heterocycles. The van der Waals surface area contributed by atoms with Crippen LogP contribution in [0, 0.1) is 5.41 Å². The number of aromatic amines is 2. The summed E-state index contributed by atoms with van der Waals surface area (Å²) in [5.74, 6) is 0. The fourth-order valence-electron chi connectivity index (χ4n) is 4.23. The topological polar surface area (TPSA) is 108 Å². The molecule has 0 amide bonds. The van der Waals surface area contributed by atoms with Gasteiger partial charge in [0.2, 0.25) is 0 Å². The molecule has 0 fully saturated rings. The monoisotopic (exact) mass is 486 g/mol. The Morgan fingerprint density at radius 3 is 2.46 bits per heavy atom. The lowest BCUT2D eigenvalue weighted by Crippen LogP contribution is -2.15. The van der Waals surface area contributed by atoms with Crippen molar-refractivity contribution in [3.05, 3.63) is 86.0 Å². The van der Waals surface area contributed by atoms with Crippen LogP contribution in [0.25, 0.3) is 55.6 Å². The molecule has 0 aromatic carbocycles. The largest absolute Gasteiger partial charge is 0.358 e. The first-order valence-electron chi connectivity index (χ1n) is 12.0. The van der Waals surface area contributed by atoms with E-state index in [4.69, 9.17) is 0 Å². The summed E-state index contributed by atoms with van der Waals surface area (Å²) in [6.07, 6.45) is 12.7. The van der Waals surface area contributed by atoms with Crippen molar-refractivity contribution in [3.8, 4) is 33.8 Å². The number of hydrogen-bond donors (Lipinski definition) is 3. The number of fused-ring (bicyclic) bond motifs is 2. The second-order valence-electron chi connectivity index (χ2n) is 10.1. The van der Waals surface area contributed by atoms with Gasteiger partial charge < -0.3 is 10.3 Å². The van der Waals surface area contributed by atoms with Crippen LogP contribution in [0.2, 0.25) is 0 Å². The van der Waals surface area contributed by atoms with Crippen molar-refractivity contribution in [1.29, 1.82) is 0 Å². The smallest absolute Gasteiger partial charge is 0.116 e. The molecule has 182 valence electrons. The summed E-state index contributed by atoms with van der Waals surface area (Å²) in [7, 11) is 0. The zero-order valence-corrected chi connectivity index (χ0v) is 20.9. The molecule has 8 nitrogen and oxygen atoms in total. The summed E-state index contributed by atoms with van der Waals surface area (Å²) in [4.78, 5) is 21.1. The van der Waals surface area contributed by atoms with Crippen LogP contribution in [-0.4, -0.2) is 35.1 Å². The molecule has 0 unspecified atom stereocenters. The summed E-state index contributed by atoms with van der Waals surface area (Å²) in [5, 5.41) is 13.1. The Bertz CT molecular complexity index is 1760. The van der Waals surface area contributed by atoms with E-state index in [1.807, 2.05) is 49.1 Å². The lowest BCUT2D eigenvalue weighted by atomic mass is 9.93. The van der Waals surface area contributed by atoms with Crippen molar-refractivity contribution < 1.29 is 0 Å². The molecule has 0 saturated heterocycles. The highest BCUT2D eigenvalue weighted by Gasteiger charge is 2.17. The molecule has 0 atom stereocenters. The Labute approximate surface area is 214 Å². The van der Waals surface area contributed by atoms with Crippen LogP contribution in [0.4, 0.5) is 5.69 Å². The Balaban J connectivity index is 1.40. The summed E-state index contributed by atoms with van der Waals surface area (Å²) < 4.78 is 0. The average Bonchev–Trinajstić information content (AvgIpc) is 3.52. The molecule has 0 aliphatic carbocycles. The molecule has 0 aliphatic heterocycles. The zero-order chi connectivity index (χ0) is 25.6. The molecule has 37 heavy (non-hydrogen) atoms. The minimum absolute atomic E-state index is 0.0643. The van der Waals surface area contributed by atoms with Crippen LogP contribution in [0.1, 0.15) is 20.8 Å². The van der Waals surface area contributed by atoms with E-state index in [1.165, 1.54) is 0 Å². The maximum atomic E-state index is 4.66. The van der Waals surface area contributed by atoms with Gasteiger partial charge in [-0.05, 0) is 35.9 Å². The first kappa shape index (κ1) is 22.6. The van der Waals surface area contributed by atoms with Crippen molar-refractivity contribution in [1.82, 2.24) is 35.1 Å². The number of anilines is 1. The molecule has 0 radical (unpaired) electrons. The van der Waals surface area contributed by atoms with Gasteiger partial charge >= 0.3 is 0 Å². The Morgan fingerprint density at radius 1 is 0.838 bits per heavy atom. The molecule has 6 aromatic heterocycles. The van der Waals surface area contributed by atoms with E-state index in [9.17, 15) is 0 Å². The van der Waals surface area contributed by atoms with Gasteiger partial charge in [0.05, 0.1) is 46.7 Å². The molecule has 6 rings (SSSR count). The van der Waals surface area contributed by atoms with Crippen LogP contribution >= 0.6 is 0 Å². The third kappa shape index (κ3) is 4.23. The minimum atomic E-state index is -0.0643. The number of H-pyrrole nitrogens is 2. The quantitative estimate of drug-likeness (QED) is 0.253. The van der Waals surface area contributed by atoms with Gasteiger partial charge in [0.25, 0.3) is 0 Å². The van der Waals surface area contributed by atoms with Gasteiger partial charge in [0, 0.05) is 57.8 Å². The molecular formula is C29H26N8. The molecule has 0 saturated carbocycles. The van der Waals surface area contributed by atoms with E-state index >= 15 is 0 Å². The molecule has 6 aromatic rings. The predicted octanol–water partition coefficient (Wildman–Crippen LogP) is 6.60. The number of allylic oxidation sites excluding steroid dienone is 1. The van der Waals surface area contributed by atoms with Crippen molar-refractivity contribution in [2.24, 2.45) is 5.41 Å². The van der Waals surface area contributed by atoms with Crippen LogP contribution < -0.4 is 5.32 Å². The highest BCUT2D eigenvalue weighted by atomic mass is 15.1. The standard InChI is InChI=1S/C29H26N8/c1-17(29(2,3)4)34-20-9-19(12-31-13-20)24-11-22-27(16-33-24)36-37-28(22)25-10-21-23(14-32-15-26(21)35-25)18-5-7-30-8-6-18/h5-16,34-35H,1H2,2-4H3,(H,36,37). The van der Waals surface area contributed by atoms with Crippen LogP contribution in [0.5, 0.6) is 0 Å². The lowest BCUT2D eigenvalue weighted by molar-refractivity contribution is 0.509. The summed E-state index contributed by atoms with van der Waals surface area (Å²) in [5.41, 5.74) is 9.06. The highest BCUT2D eigenvalue weighted by molar-refractivity contribution is 6.01. The second-order valence-corrected chi connectivity index (χ2v) is 10.1. The molecule has 0 aliphatic rings. The fraction of sp³-hybridized carbons (Fsp3) is 0.138. The lowest BCUT2D eigenvalue weighted by Gasteiger charge is -2.23. The highest BCUT2D eigenvalue weighted by Crippen LogP contribution is 2.34. The van der Waals surface area contributed by atoms with E-state index in [2.05, 4.69) is 73.9 Å². The normalized spacial score (nSPS) is 11.8. The summed E-state index contributed by atoms with van der Waals surface area (Å²) >= 11 is 0. The number of nitrogens with zero attached hydrogens (tertiary/aromatic N) is 5. The number of nitrogens with one attached hydrogen (secondary N) is 3. The van der Waals surface area contributed by atoms with Crippen molar-refractivity contribution in [2.75, 3.05) is 5.32 Å². The Morgan fingerprint density at radius 2 is 1.65 bits per heavy atom.